The van der Waals surface area contributed by atoms with Crippen molar-refractivity contribution in [2.24, 2.45) is 11.5 Å². The fourth-order valence-electron chi connectivity index (χ4n) is 5.76. The minimum Gasteiger partial charge on any atom is -0.443 e. The molecule has 4 rings (SSSR count). The summed E-state index contributed by atoms with van der Waals surface area (Å²) in [6.45, 7) is 4.08. The molecule has 0 aromatic heterocycles. The molecule has 18 nitrogen and oxygen atoms in total. The lowest BCUT2D eigenvalue weighted by Crippen LogP contribution is -2.63. The van der Waals surface area contributed by atoms with Gasteiger partial charge >= 0.3 is 23.9 Å². The summed E-state index contributed by atoms with van der Waals surface area (Å²) in [5, 5.41) is 0. The number of imide groups is 2. The zero-order valence-corrected chi connectivity index (χ0v) is 31.7. The van der Waals surface area contributed by atoms with Gasteiger partial charge in [-0.05, 0) is 62.1 Å². The molecule has 2 aliphatic heterocycles. The normalized spacial score (nSPS) is 17.4. The van der Waals surface area contributed by atoms with Crippen LogP contribution in [-0.4, -0.2) is 131 Å². The molecule has 2 fully saturated rings. The monoisotopic (exact) mass is 788 g/mol. The number of ether oxygens (including phenoxy) is 4. The second-order valence-electron chi connectivity index (χ2n) is 13.0. The molecule has 4 amide bonds. The number of piperazine rings is 2. The summed E-state index contributed by atoms with van der Waals surface area (Å²) in [5.41, 5.74) is 13.3. The van der Waals surface area contributed by atoms with E-state index in [0.29, 0.717) is 22.6 Å². The van der Waals surface area contributed by atoms with Gasteiger partial charge in [0.2, 0.25) is 23.6 Å². The van der Waals surface area contributed by atoms with Crippen LogP contribution in [0, 0.1) is 0 Å². The van der Waals surface area contributed by atoms with Gasteiger partial charge in [0.15, 0.2) is 13.5 Å². The smallest absolute Gasteiger partial charge is 0.324 e. The van der Waals surface area contributed by atoms with Crippen molar-refractivity contribution in [3.63, 3.8) is 0 Å². The first-order chi connectivity index (χ1) is 25.5. The maximum absolute atomic E-state index is 13.0. The Bertz CT molecular complexity index is 1590. The number of halogens is 1. The second kappa shape index (κ2) is 19.9. The van der Waals surface area contributed by atoms with Crippen LogP contribution in [0.5, 0.6) is 11.5 Å². The van der Waals surface area contributed by atoms with Crippen LogP contribution in [0.4, 0.5) is 0 Å². The van der Waals surface area contributed by atoms with Gasteiger partial charge in [-0.25, -0.2) is 9.80 Å². The van der Waals surface area contributed by atoms with Crippen molar-refractivity contribution in [1.82, 2.24) is 19.6 Å². The molecule has 0 radical (unpaired) electrons. The van der Waals surface area contributed by atoms with Gasteiger partial charge < -0.3 is 30.4 Å². The van der Waals surface area contributed by atoms with E-state index in [4.69, 9.17) is 30.4 Å². The lowest BCUT2D eigenvalue weighted by Gasteiger charge is -2.43. The van der Waals surface area contributed by atoms with Crippen LogP contribution in [0.2, 0.25) is 0 Å². The number of esters is 4. The minimum absolute atomic E-state index is 0. The molecule has 2 aromatic carbocycles. The van der Waals surface area contributed by atoms with Crippen LogP contribution < -0.4 is 20.9 Å². The summed E-state index contributed by atoms with van der Waals surface area (Å²) < 4.78 is 20.3. The molecule has 19 heteroatoms. The van der Waals surface area contributed by atoms with Gasteiger partial charge in [-0.15, -0.1) is 12.4 Å². The van der Waals surface area contributed by atoms with E-state index in [0.717, 1.165) is 9.80 Å². The maximum Gasteiger partial charge on any atom is 0.324 e. The Balaban J connectivity index is 0.00000812. The number of hydrogen-bond donors (Lipinski definition) is 2. The fraction of sp³-hybridized carbons (Fsp3) is 0.444. The molecule has 2 aliphatic rings. The highest BCUT2D eigenvalue weighted by Gasteiger charge is 2.40. The van der Waals surface area contributed by atoms with E-state index >= 15 is 0 Å². The number of rotatable bonds is 15. The number of benzene rings is 2. The number of amides is 4. The average Bonchev–Trinajstić information content (AvgIpc) is 3.11. The van der Waals surface area contributed by atoms with Crippen LogP contribution in [0.25, 0.3) is 0 Å². The molecule has 2 heterocycles. The van der Waals surface area contributed by atoms with Crippen molar-refractivity contribution in [3.05, 3.63) is 59.7 Å². The topological polar surface area (TPSA) is 238 Å². The van der Waals surface area contributed by atoms with Gasteiger partial charge in [0.25, 0.3) is 0 Å². The van der Waals surface area contributed by atoms with Gasteiger partial charge in [0.05, 0.1) is 26.2 Å². The van der Waals surface area contributed by atoms with E-state index < -0.39 is 85.1 Å². The summed E-state index contributed by atoms with van der Waals surface area (Å²) in [7, 11) is 0. The number of carbonyl (C=O) groups is 8. The largest absolute Gasteiger partial charge is 0.443 e. The van der Waals surface area contributed by atoms with Gasteiger partial charge in [-0.2, -0.15) is 0 Å². The third-order valence-corrected chi connectivity index (χ3v) is 8.97. The van der Waals surface area contributed by atoms with Crippen LogP contribution in [0.15, 0.2) is 48.5 Å². The van der Waals surface area contributed by atoms with E-state index in [2.05, 4.69) is 0 Å². The first kappa shape index (κ1) is 44.1. The lowest BCUT2D eigenvalue weighted by molar-refractivity contribution is -0.169. The fourth-order valence-corrected chi connectivity index (χ4v) is 5.76. The molecule has 298 valence electrons. The lowest BCUT2D eigenvalue weighted by atomic mass is 10.1. The van der Waals surface area contributed by atoms with Crippen LogP contribution >= 0.6 is 12.4 Å². The first-order valence-corrected chi connectivity index (χ1v) is 17.1. The van der Waals surface area contributed by atoms with Gasteiger partial charge in [-0.3, -0.25) is 48.2 Å². The third kappa shape index (κ3) is 12.4. The predicted molar refractivity (Wildman–Crippen MR) is 194 cm³/mol. The molecule has 0 saturated carbocycles. The summed E-state index contributed by atoms with van der Waals surface area (Å²) in [5.74, 6) is -4.34. The Hall–Kier alpha value is -5.27. The molecular formula is C36H45ClN6O12. The number of nitrogens with two attached hydrogens (primary N) is 2. The van der Waals surface area contributed by atoms with Crippen molar-refractivity contribution in [3.8, 4) is 11.5 Å². The van der Waals surface area contributed by atoms with Crippen LogP contribution in [0.1, 0.15) is 38.8 Å². The highest BCUT2D eigenvalue weighted by atomic mass is 35.5. The van der Waals surface area contributed by atoms with E-state index in [-0.39, 0.29) is 51.4 Å². The quantitative estimate of drug-likeness (QED) is 0.132. The summed E-state index contributed by atoms with van der Waals surface area (Å²) in [4.78, 5) is 104. The molecule has 0 spiro atoms. The molecule has 0 aliphatic carbocycles. The Morgan fingerprint density at radius 2 is 0.873 bits per heavy atom. The van der Waals surface area contributed by atoms with Crippen molar-refractivity contribution in [2.75, 3.05) is 39.6 Å². The van der Waals surface area contributed by atoms with Gasteiger partial charge in [-0.1, -0.05) is 24.3 Å². The van der Waals surface area contributed by atoms with Crippen molar-refractivity contribution < 1.29 is 57.3 Å². The van der Waals surface area contributed by atoms with E-state index in [1.54, 1.807) is 72.2 Å². The number of carbonyl (C=O) groups excluding carboxylic acids is 8. The minimum atomic E-state index is -1.09. The molecule has 2 saturated heterocycles. The molecule has 4 atom stereocenters. The average molecular weight is 789 g/mol. The summed E-state index contributed by atoms with van der Waals surface area (Å²) in [6.07, 6.45) is 0.195. The molecule has 2 aromatic rings. The Morgan fingerprint density at radius 1 is 0.582 bits per heavy atom. The Labute approximate surface area is 323 Å². The molecule has 0 bridgehead atoms. The van der Waals surface area contributed by atoms with E-state index in [1.165, 1.54) is 13.8 Å². The SMILES string of the molecule is CC(=O)Oc1ccc(C[C@H](N)C(=O)OCN2C(=O)CN([C@H](C)[C@H](C)N3CC(=O)N(COC(=O)[C@@H](N)Cc4ccc(OC(C)=O)cc4)C(=O)C3)CC2=O)cc1.Cl. The second-order valence-corrected chi connectivity index (χ2v) is 13.0. The molecule has 0 unspecified atom stereocenters. The number of hydrogen-bond acceptors (Lipinski definition) is 16. The maximum atomic E-state index is 13.0. The van der Waals surface area contributed by atoms with Crippen molar-refractivity contribution in [2.45, 2.75) is 64.7 Å². The number of nitrogens with zero attached hydrogens (tertiary/aromatic N) is 4. The van der Waals surface area contributed by atoms with E-state index in [9.17, 15) is 38.4 Å². The zero-order chi connectivity index (χ0) is 39.7. The third-order valence-electron chi connectivity index (χ3n) is 8.97. The van der Waals surface area contributed by atoms with Gasteiger partial charge in [0.1, 0.15) is 23.6 Å². The highest BCUT2D eigenvalue weighted by molar-refractivity contribution is 6.00. The Morgan fingerprint density at radius 3 is 1.15 bits per heavy atom. The van der Waals surface area contributed by atoms with Crippen molar-refractivity contribution in [1.29, 1.82) is 0 Å². The van der Waals surface area contributed by atoms with Crippen LogP contribution in [0.3, 0.4) is 0 Å². The highest BCUT2D eigenvalue weighted by Crippen LogP contribution is 2.19. The predicted octanol–water partition coefficient (Wildman–Crippen LogP) is -0.481. The van der Waals surface area contributed by atoms with Crippen LogP contribution in [-0.2, 0) is 60.7 Å². The molecular weight excluding hydrogens is 744 g/mol. The Kier molecular flexibility index (Phi) is 15.9. The molecule has 4 N–H and O–H groups in total. The first-order valence-electron chi connectivity index (χ1n) is 17.1. The standard InChI is InChI=1S/C36H44N6O12.ClH/c1-21(39-15-31(45)41(32(46)16-39)19-51-35(49)29(37)13-25-5-9-27(10-6-25)53-23(3)43)22(2)40-17-33(47)42(34(48)18-40)20-52-36(50)30(38)14-26-7-11-28(12-8-26)54-24(4)44;/h5-12,21-22,29-30H,13-20,37-38H2,1-4H3;1H/t21-,22+,29-,30-;/m0./s1. The summed E-state index contributed by atoms with van der Waals surface area (Å²) >= 11 is 0. The van der Waals surface area contributed by atoms with Crippen molar-refractivity contribution >= 4 is 59.9 Å². The summed E-state index contributed by atoms with van der Waals surface area (Å²) in [6, 6.07) is 9.69. The zero-order valence-electron chi connectivity index (χ0n) is 30.8. The van der Waals surface area contributed by atoms with Gasteiger partial charge in [0, 0.05) is 25.9 Å². The van der Waals surface area contributed by atoms with E-state index in [1.807, 2.05) is 0 Å². The molecule has 55 heavy (non-hydrogen) atoms.